The number of hydrogen-bond donors (Lipinski definition) is 1. The SMILES string of the molecule is O=C(C[C@@H](c1ccccc1)c1ccco1)NCc1cnc2ccccn12. The van der Waals surface area contributed by atoms with Crippen LogP contribution in [0.4, 0.5) is 0 Å². The van der Waals surface area contributed by atoms with Crippen molar-refractivity contribution in [2.45, 2.75) is 18.9 Å². The highest BCUT2D eigenvalue weighted by Gasteiger charge is 2.20. The predicted octanol–water partition coefficient (Wildman–Crippen LogP) is 3.77. The van der Waals surface area contributed by atoms with Gasteiger partial charge in [-0.1, -0.05) is 36.4 Å². The zero-order valence-corrected chi connectivity index (χ0v) is 14.2. The molecule has 0 bridgehead atoms. The first-order valence-electron chi connectivity index (χ1n) is 8.57. The van der Waals surface area contributed by atoms with Crippen molar-refractivity contribution in [1.29, 1.82) is 0 Å². The molecule has 0 spiro atoms. The van der Waals surface area contributed by atoms with Gasteiger partial charge in [-0.3, -0.25) is 4.79 Å². The molecule has 1 atom stereocenters. The molecule has 0 saturated heterocycles. The molecule has 0 radical (unpaired) electrons. The first-order valence-corrected chi connectivity index (χ1v) is 8.57. The van der Waals surface area contributed by atoms with Crippen molar-refractivity contribution in [2.24, 2.45) is 0 Å². The fraction of sp³-hybridized carbons (Fsp3) is 0.143. The maximum absolute atomic E-state index is 12.6. The largest absolute Gasteiger partial charge is 0.469 e. The second-order valence-electron chi connectivity index (χ2n) is 6.14. The van der Waals surface area contributed by atoms with Crippen LogP contribution in [0.2, 0.25) is 0 Å². The molecule has 1 amide bonds. The number of imidazole rings is 1. The van der Waals surface area contributed by atoms with E-state index in [1.807, 2.05) is 71.3 Å². The van der Waals surface area contributed by atoms with Gasteiger partial charge in [0, 0.05) is 12.6 Å². The van der Waals surface area contributed by atoms with E-state index in [-0.39, 0.29) is 11.8 Å². The highest BCUT2D eigenvalue weighted by molar-refractivity contribution is 5.77. The molecule has 1 N–H and O–H groups in total. The van der Waals surface area contributed by atoms with Gasteiger partial charge in [-0.15, -0.1) is 0 Å². The topological polar surface area (TPSA) is 59.5 Å². The maximum atomic E-state index is 12.6. The number of nitrogens with zero attached hydrogens (tertiary/aromatic N) is 2. The van der Waals surface area contributed by atoms with Crippen LogP contribution in [0.5, 0.6) is 0 Å². The van der Waals surface area contributed by atoms with E-state index in [1.165, 1.54) is 0 Å². The van der Waals surface area contributed by atoms with Gasteiger partial charge in [0.25, 0.3) is 0 Å². The smallest absolute Gasteiger partial charge is 0.221 e. The second-order valence-corrected chi connectivity index (χ2v) is 6.14. The quantitative estimate of drug-likeness (QED) is 0.579. The fourth-order valence-corrected chi connectivity index (χ4v) is 3.12. The number of pyridine rings is 1. The monoisotopic (exact) mass is 345 g/mol. The van der Waals surface area contributed by atoms with E-state index in [1.54, 1.807) is 12.5 Å². The lowest BCUT2D eigenvalue weighted by Gasteiger charge is -2.15. The van der Waals surface area contributed by atoms with Crippen molar-refractivity contribution >= 4 is 11.6 Å². The Morgan fingerprint density at radius 3 is 2.73 bits per heavy atom. The Balaban J connectivity index is 1.47. The molecule has 0 aliphatic rings. The average Bonchev–Trinajstić information content (AvgIpc) is 3.35. The average molecular weight is 345 g/mol. The molecule has 3 heterocycles. The van der Waals surface area contributed by atoms with Crippen LogP contribution in [0.25, 0.3) is 5.65 Å². The molecule has 0 fully saturated rings. The van der Waals surface area contributed by atoms with Gasteiger partial charge in [-0.05, 0) is 29.8 Å². The first-order chi connectivity index (χ1) is 12.8. The van der Waals surface area contributed by atoms with E-state index in [0.717, 1.165) is 22.7 Å². The van der Waals surface area contributed by atoms with Crippen LogP contribution in [-0.2, 0) is 11.3 Å². The van der Waals surface area contributed by atoms with E-state index in [0.29, 0.717) is 13.0 Å². The van der Waals surface area contributed by atoms with E-state index in [2.05, 4.69) is 10.3 Å². The van der Waals surface area contributed by atoms with Crippen molar-refractivity contribution in [2.75, 3.05) is 0 Å². The molecule has 5 heteroatoms. The summed E-state index contributed by atoms with van der Waals surface area (Å²) in [4.78, 5) is 16.9. The summed E-state index contributed by atoms with van der Waals surface area (Å²) in [7, 11) is 0. The Labute approximate surface area is 151 Å². The minimum Gasteiger partial charge on any atom is -0.469 e. The number of hydrogen-bond acceptors (Lipinski definition) is 3. The number of aromatic nitrogens is 2. The first kappa shape index (κ1) is 16.1. The summed E-state index contributed by atoms with van der Waals surface area (Å²) < 4.78 is 7.54. The van der Waals surface area contributed by atoms with Gasteiger partial charge < -0.3 is 14.1 Å². The summed E-state index contributed by atoms with van der Waals surface area (Å²) in [5.74, 6) is 0.663. The van der Waals surface area contributed by atoms with Gasteiger partial charge in [-0.25, -0.2) is 4.98 Å². The van der Waals surface area contributed by atoms with Gasteiger partial charge in [-0.2, -0.15) is 0 Å². The number of fused-ring (bicyclic) bond motifs is 1. The molecular weight excluding hydrogens is 326 g/mol. The van der Waals surface area contributed by atoms with Crippen LogP contribution in [-0.4, -0.2) is 15.3 Å². The maximum Gasteiger partial charge on any atom is 0.221 e. The summed E-state index contributed by atoms with van der Waals surface area (Å²) in [5, 5.41) is 3.00. The van der Waals surface area contributed by atoms with Gasteiger partial charge in [0.1, 0.15) is 11.4 Å². The van der Waals surface area contributed by atoms with E-state index in [4.69, 9.17) is 4.42 Å². The van der Waals surface area contributed by atoms with Crippen molar-refractivity contribution < 1.29 is 9.21 Å². The number of benzene rings is 1. The van der Waals surface area contributed by atoms with Crippen molar-refractivity contribution in [3.8, 4) is 0 Å². The third kappa shape index (κ3) is 3.37. The summed E-state index contributed by atoms with van der Waals surface area (Å²) >= 11 is 0. The van der Waals surface area contributed by atoms with E-state index >= 15 is 0 Å². The molecule has 130 valence electrons. The Morgan fingerprint density at radius 2 is 1.92 bits per heavy atom. The lowest BCUT2D eigenvalue weighted by atomic mass is 9.93. The zero-order chi connectivity index (χ0) is 17.8. The Morgan fingerprint density at radius 1 is 1.08 bits per heavy atom. The number of amides is 1. The minimum absolute atomic E-state index is 0.0267. The molecule has 0 aliphatic heterocycles. The van der Waals surface area contributed by atoms with Gasteiger partial charge in [0.15, 0.2) is 0 Å². The molecule has 0 aliphatic carbocycles. The Hall–Kier alpha value is -3.34. The predicted molar refractivity (Wildman–Crippen MR) is 98.6 cm³/mol. The standard InChI is InChI=1S/C21H19N3O2/c25-21(23-15-17-14-22-20-10-4-5-11-24(17)20)13-18(19-9-6-12-26-19)16-7-2-1-3-8-16/h1-12,14,18H,13,15H2,(H,23,25)/t18-/m0/s1. The Bertz CT molecular complexity index is 990. The van der Waals surface area contributed by atoms with Gasteiger partial charge >= 0.3 is 0 Å². The second kappa shape index (κ2) is 7.27. The highest BCUT2D eigenvalue weighted by atomic mass is 16.3. The summed E-state index contributed by atoms with van der Waals surface area (Å²) in [6.07, 6.45) is 5.70. The van der Waals surface area contributed by atoms with Crippen molar-refractivity contribution in [1.82, 2.24) is 14.7 Å². The number of rotatable bonds is 6. The molecule has 4 aromatic rings. The van der Waals surface area contributed by atoms with Crippen molar-refractivity contribution in [3.63, 3.8) is 0 Å². The fourth-order valence-electron chi connectivity index (χ4n) is 3.12. The molecule has 0 unspecified atom stereocenters. The molecular formula is C21H19N3O2. The third-order valence-corrected chi connectivity index (χ3v) is 4.44. The number of furan rings is 1. The molecule has 1 aromatic carbocycles. The van der Waals surface area contributed by atoms with E-state index in [9.17, 15) is 4.79 Å². The number of carbonyl (C=O) groups is 1. The summed E-state index contributed by atoms with van der Waals surface area (Å²) in [6, 6.07) is 19.5. The summed E-state index contributed by atoms with van der Waals surface area (Å²) in [5.41, 5.74) is 2.88. The van der Waals surface area contributed by atoms with Crippen LogP contribution in [0.15, 0.2) is 83.7 Å². The summed E-state index contributed by atoms with van der Waals surface area (Å²) in [6.45, 7) is 0.434. The lowest BCUT2D eigenvalue weighted by Crippen LogP contribution is -2.25. The van der Waals surface area contributed by atoms with Crippen molar-refractivity contribution in [3.05, 3.63) is 96.3 Å². The number of carbonyl (C=O) groups excluding carboxylic acids is 1. The zero-order valence-electron chi connectivity index (χ0n) is 14.2. The van der Waals surface area contributed by atoms with Crippen LogP contribution in [0, 0.1) is 0 Å². The van der Waals surface area contributed by atoms with Crippen LogP contribution >= 0.6 is 0 Å². The molecule has 4 rings (SSSR count). The van der Waals surface area contributed by atoms with Crippen LogP contribution in [0.1, 0.15) is 29.4 Å². The van der Waals surface area contributed by atoms with Crippen LogP contribution in [0.3, 0.4) is 0 Å². The Kier molecular flexibility index (Phi) is 4.51. The molecule has 5 nitrogen and oxygen atoms in total. The number of nitrogens with one attached hydrogen (secondary N) is 1. The van der Waals surface area contributed by atoms with Gasteiger partial charge in [0.2, 0.25) is 5.91 Å². The van der Waals surface area contributed by atoms with Gasteiger partial charge in [0.05, 0.1) is 30.6 Å². The minimum atomic E-state index is -0.103. The normalized spacial score (nSPS) is 12.2. The lowest BCUT2D eigenvalue weighted by molar-refractivity contribution is -0.121. The van der Waals surface area contributed by atoms with E-state index < -0.39 is 0 Å². The van der Waals surface area contributed by atoms with Crippen LogP contribution < -0.4 is 5.32 Å². The third-order valence-electron chi connectivity index (χ3n) is 4.44. The molecule has 26 heavy (non-hydrogen) atoms. The highest BCUT2D eigenvalue weighted by Crippen LogP contribution is 2.28. The molecule has 0 saturated carbocycles. The molecule has 3 aromatic heterocycles.